The molecule has 1 atom stereocenters. The van der Waals surface area contributed by atoms with Crippen molar-refractivity contribution in [1.29, 1.82) is 0 Å². The van der Waals surface area contributed by atoms with Crippen molar-refractivity contribution in [1.82, 2.24) is 19.3 Å². The van der Waals surface area contributed by atoms with E-state index in [1.807, 2.05) is 45.0 Å². The molecule has 0 saturated heterocycles. The zero-order chi connectivity index (χ0) is 29.3. The van der Waals surface area contributed by atoms with Crippen molar-refractivity contribution in [3.63, 3.8) is 0 Å². The Hall–Kier alpha value is -2.96. The van der Waals surface area contributed by atoms with Crippen LogP contribution in [0.2, 0.25) is 0 Å². The lowest BCUT2D eigenvalue weighted by molar-refractivity contribution is -0.158. The van der Waals surface area contributed by atoms with E-state index in [1.54, 1.807) is 47.2 Å². The van der Waals surface area contributed by atoms with E-state index < -0.39 is 33.9 Å². The molecule has 0 spiro atoms. The van der Waals surface area contributed by atoms with Gasteiger partial charge < -0.3 is 14.6 Å². The Bertz CT molecular complexity index is 1360. The van der Waals surface area contributed by atoms with Crippen LogP contribution in [0.25, 0.3) is 0 Å². The fourth-order valence-electron chi connectivity index (χ4n) is 4.85. The highest BCUT2D eigenvalue weighted by Gasteiger charge is 2.41. The summed E-state index contributed by atoms with van der Waals surface area (Å²) < 4.78 is 38.7. The standard InChI is InChI=1S/C29H40N4O6S/c1-7-14-32-17-23(30-31-32)18-38-26(29(5,6)27(34)35)21-13-12-20(2)22(15-21)16-33-19-28(3,4)39-24-10-8-9-11-25(24)40(33,36)37/h8-13,15,17,26,36-37H,7,14,16,18-19H2,1-6H3,(H,34,35). The maximum Gasteiger partial charge on any atom is 0.312 e. The second-order valence-electron chi connectivity index (χ2n) is 11.5. The second-order valence-corrected chi connectivity index (χ2v) is 13.5. The van der Waals surface area contributed by atoms with E-state index >= 15 is 0 Å². The minimum absolute atomic E-state index is 0.100. The van der Waals surface area contributed by atoms with Crippen LogP contribution in [-0.4, -0.2) is 51.6 Å². The molecule has 1 aromatic heterocycles. The van der Waals surface area contributed by atoms with Gasteiger partial charge in [-0.15, -0.1) is 15.9 Å². The molecule has 0 amide bonds. The number of aryl methyl sites for hydroxylation is 2. The largest absolute Gasteiger partial charge is 0.484 e. The van der Waals surface area contributed by atoms with Crippen LogP contribution in [0.1, 0.15) is 69.5 Å². The van der Waals surface area contributed by atoms with Gasteiger partial charge in [0.15, 0.2) is 0 Å². The number of para-hydroxylation sites is 1. The van der Waals surface area contributed by atoms with Gasteiger partial charge in [-0.05, 0) is 69.9 Å². The third-order valence-corrected chi connectivity index (χ3v) is 9.02. The Balaban J connectivity index is 1.67. The summed E-state index contributed by atoms with van der Waals surface area (Å²) >= 11 is 0. The SMILES string of the molecule is CCCn1cc(COC(c2ccc(C)c(CN3CC(C)(C)Oc4ccccc4S3(O)O)c2)C(C)(C)C(=O)O)nn1. The number of carboxylic acid groups (broad SMARTS) is 1. The predicted molar refractivity (Wildman–Crippen MR) is 153 cm³/mol. The van der Waals surface area contributed by atoms with Crippen LogP contribution in [0.15, 0.2) is 53.6 Å². The molecule has 40 heavy (non-hydrogen) atoms. The summed E-state index contributed by atoms with van der Waals surface area (Å²) in [6, 6.07) is 12.7. The molecule has 0 aliphatic carbocycles. The number of aromatic nitrogens is 3. The maximum atomic E-state index is 12.3. The molecule has 0 saturated carbocycles. The fourth-order valence-corrected chi connectivity index (χ4v) is 6.58. The van der Waals surface area contributed by atoms with E-state index in [0.717, 1.165) is 24.1 Å². The van der Waals surface area contributed by atoms with Gasteiger partial charge >= 0.3 is 5.97 Å². The first-order chi connectivity index (χ1) is 18.7. The lowest BCUT2D eigenvalue weighted by Crippen LogP contribution is -2.41. The summed E-state index contributed by atoms with van der Waals surface area (Å²) in [5.74, 6) is -0.542. The molecule has 0 bridgehead atoms. The van der Waals surface area contributed by atoms with E-state index in [-0.39, 0.29) is 19.7 Å². The third-order valence-electron chi connectivity index (χ3n) is 7.11. The molecule has 10 nitrogen and oxygen atoms in total. The topological polar surface area (TPSA) is 130 Å². The molecule has 218 valence electrons. The third kappa shape index (κ3) is 6.34. The van der Waals surface area contributed by atoms with E-state index in [9.17, 15) is 19.0 Å². The average molecular weight is 573 g/mol. The monoisotopic (exact) mass is 572 g/mol. The van der Waals surface area contributed by atoms with Crippen molar-refractivity contribution >= 4 is 16.7 Å². The minimum Gasteiger partial charge on any atom is -0.484 e. The molecule has 1 aliphatic heterocycles. The van der Waals surface area contributed by atoms with Gasteiger partial charge in [0.05, 0.1) is 30.9 Å². The summed E-state index contributed by atoms with van der Waals surface area (Å²) in [7, 11) is -3.36. The molecule has 3 aromatic rings. The minimum atomic E-state index is -3.36. The molecule has 2 aromatic carbocycles. The molecule has 0 fully saturated rings. The van der Waals surface area contributed by atoms with Crippen molar-refractivity contribution in [2.24, 2.45) is 5.41 Å². The molecule has 2 heterocycles. The second kappa shape index (κ2) is 11.5. The Morgan fingerprint density at radius 2 is 1.95 bits per heavy atom. The molecule has 3 N–H and O–H groups in total. The van der Waals surface area contributed by atoms with Gasteiger partial charge in [0.1, 0.15) is 21.9 Å². The summed E-state index contributed by atoms with van der Waals surface area (Å²) in [4.78, 5) is 12.7. The zero-order valence-electron chi connectivity index (χ0n) is 24.0. The number of aliphatic carboxylic acids is 1. The van der Waals surface area contributed by atoms with Gasteiger partial charge in [0, 0.05) is 13.1 Å². The molecule has 1 unspecified atom stereocenters. The number of rotatable bonds is 10. The van der Waals surface area contributed by atoms with E-state index in [4.69, 9.17) is 9.47 Å². The van der Waals surface area contributed by atoms with Crippen molar-refractivity contribution in [3.05, 3.63) is 71.0 Å². The number of fused-ring (bicyclic) bond motifs is 1. The Labute approximate surface area is 237 Å². The number of benzene rings is 2. The van der Waals surface area contributed by atoms with Crippen molar-refractivity contribution in [3.8, 4) is 5.75 Å². The maximum absolute atomic E-state index is 12.3. The summed E-state index contributed by atoms with van der Waals surface area (Å²) in [6.45, 7) is 12.4. The zero-order valence-corrected chi connectivity index (χ0v) is 24.8. The number of hydrogen-bond acceptors (Lipinski definition) is 8. The van der Waals surface area contributed by atoms with Crippen LogP contribution in [0.3, 0.4) is 0 Å². The lowest BCUT2D eigenvalue weighted by atomic mass is 9.81. The number of carbonyl (C=O) groups is 1. The first kappa shape index (κ1) is 30.0. The number of hydrogen-bond donors (Lipinski definition) is 3. The van der Waals surface area contributed by atoms with Crippen LogP contribution in [-0.2, 0) is 29.2 Å². The summed E-state index contributed by atoms with van der Waals surface area (Å²) in [6.07, 6.45) is 1.92. The summed E-state index contributed by atoms with van der Waals surface area (Å²) in [5.41, 5.74) is 1.11. The van der Waals surface area contributed by atoms with Crippen LogP contribution < -0.4 is 4.74 Å². The van der Waals surface area contributed by atoms with E-state index in [2.05, 4.69) is 17.2 Å². The van der Waals surface area contributed by atoms with Gasteiger partial charge in [0.2, 0.25) is 0 Å². The van der Waals surface area contributed by atoms with Crippen molar-refractivity contribution in [2.75, 3.05) is 6.54 Å². The van der Waals surface area contributed by atoms with Crippen LogP contribution in [0.5, 0.6) is 5.75 Å². The summed E-state index contributed by atoms with van der Waals surface area (Å²) in [5, 5.41) is 18.3. The van der Waals surface area contributed by atoms with Crippen LogP contribution in [0.4, 0.5) is 0 Å². The van der Waals surface area contributed by atoms with Gasteiger partial charge in [-0.2, -0.15) is 4.31 Å². The Morgan fingerprint density at radius 3 is 2.65 bits per heavy atom. The predicted octanol–water partition coefficient (Wildman–Crippen LogP) is 6.06. The highest BCUT2D eigenvalue weighted by molar-refractivity contribution is 8.22. The molecule has 11 heteroatoms. The van der Waals surface area contributed by atoms with Crippen LogP contribution >= 0.6 is 10.8 Å². The van der Waals surface area contributed by atoms with Crippen molar-refractivity contribution in [2.45, 2.75) is 84.3 Å². The number of nitrogens with zero attached hydrogens (tertiary/aromatic N) is 4. The quantitative estimate of drug-likeness (QED) is 0.265. The molecule has 4 rings (SSSR count). The van der Waals surface area contributed by atoms with Gasteiger partial charge in [-0.1, -0.05) is 42.5 Å². The highest BCUT2D eigenvalue weighted by Crippen LogP contribution is 2.58. The van der Waals surface area contributed by atoms with E-state index in [0.29, 0.717) is 21.9 Å². The Morgan fingerprint density at radius 1 is 1.23 bits per heavy atom. The Kier molecular flexibility index (Phi) is 8.63. The van der Waals surface area contributed by atoms with Gasteiger partial charge in [-0.25, -0.2) is 0 Å². The molecule has 0 radical (unpaired) electrons. The first-order valence-electron chi connectivity index (χ1n) is 13.4. The van der Waals surface area contributed by atoms with Crippen LogP contribution in [0, 0.1) is 12.3 Å². The van der Waals surface area contributed by atoms with Gasteiger partial charge in [0.25, 0.3) is 0 Å². The average Bonchev–Trinajstić information content (AvgIpc) is 3.29. The first-order valence-corrected chi connectivity index (χ1v) is 14.9. The molecule has 1 aliphatic rings. The fraction of sp³-hybridized carbons (Fsp3) is 0.483. The molecular formula is C29H40N4O6S. The smallest absolute Gasteiger partial charge is 0.312 e. The highest BCUT2D eigenvalue weighted by atomic mass is 32.3. The number of carboxylic acids is 1. The van der Waals surface area contributed by atoms with Crippen molar-refractivity contribution < 1.29 is 28.5 Å². The normalized spacial score (nSPS) is 18.3. The van der Waals surface area contributed by atoms with Gasteiger partial charge in [-0.3, -0.25) is 18.6 Å². The lowest BCUT2D eigenvalue weighted by Gasteiger charge is -2.43. The molecular weight excluding hydrogens is 532 g/mol. The van der Waals surface area contributed by atoms with E-state index in [1.165, 1.54) is 0 Å². The number of ether oxygens (including phenoxy) is 2.